The van der Waals surface area contributed by atoms with Gasteiger partial charge in [0.05, 0.1) is 0 Å². The summed E-state index contributed by atoms with van der Waals surface area (Å²) in [4.78, 5) is 0. The van der Waals surface area contributed by atoms with Crippen LogP contribution in [0.1, 0.15) is 43.7 Å². The molecule has 1 nitrogen and oxygen atoms in total. The first-order valence-corrected chi connectivity index (χ1v) is 6.17. The van der Waals surface area contributed by atoms with Gasteiger partial charge in [0.1, 0.15) is 5.75 Å². The van der Waals surface area contributed by atoms with Gasteiger partial charge < -0.3 is 5.11 Å². The number of phenols is 1. The van der Waals surface area contributed by atoms with E-state index in [2.05, 4.69) is 26.0 Å². The fraction of sp³-hybridized carbons (Fsp3) is 0.467. The van der Waals surface area contributed by atoms with Crippen LogP contribution < -0.4 is 0 Å². The number of aryl methyl sites for hydroxylation is 2. The Morgan fingerprint density at radius 3 is 2.62 bits per heavy atom. The molecule has 1 aromatic carbocycles. The first kappa shape index (κ1) is 12.8. The third kappa shape index (κ3) is 4.52. The number of benzene rings is 1. The number of allylic oxidation sites excluding steroid dienone is 2. The molecular weight excluding hydrogens is 196 g/mol. The van der Waals surface area contributed by atoms with Crippen molar-refractivity contribution in [3.05, 3.63) is 41.5 Å². The van der Waals surface area contributed by atoms with Crippen LogP contribution in [0.15, 0.2) is 30.4 Å². The molecule has 0 aliphatic carbocycles. The van der Waals surface area contributed by atoms with Crippen LogP contribution in [0.5, 0.6) is 5.75 Å². The van der Waals surface area contributed by atoms with Gasteiger partial charge in [-0.2, -0.15) is 0 Å². The maximum absolute atomic E-state index is 9.30. The zero-order valence-electron chi connectivity index (χ0n) is 10.4. The molecule has 0 amide bonds. The molecule has 16 heavy (non-hydrogen) atoms. The van der Waals surface area contributed by atoms with Gasteiger partial charge in [0, 0.05) is 0 Å². The average Bonchev–Trinajstić information content (AvgIpc) is 2.26. The highest BCUT2D eigenvalue weighted by molar-refractivity contribution is 5.33. The van der Waals surface area contributed by atoms with Crippen molar-refractivity contribution < 1.29 is 5.11 Å². The van der Waals surface area contributed by atoms with Crippen LogP contribution in [0, 0.1) is 6.92 Å². The summed E-state index contributed by atoms with van der Waals surface area (Å²) in [5.74, 6) is 0.365. The van der Waals surface area contributed by atoms with Crippen LogP contribution in [0.4, 0.5) is 0 Å². The predicted molar refractivity (Wildman–Crippen MR) is 69.8 cm³/mol. The summed E-state index contributed by atoms with van der Waals surface area (Å²) >= 11 is 0. The molecule has 0 saturated heterocycles. The largest absolute Gasteiger partial charge is 0.508 e. The van der Waals surface area contributed by atoms with Crippen LogP contribution in [0.25, 0.3) is 0 Å². The number of phenolic OH excluding ortho intramolecular Hbond substituents is 1. The molecule has 0 aliphatic heterocycles. The Labute approximate surface area is 98.8 Å². The second-order valence-corrected chi connectivity index (χ2v) is 4.26. The summed E-state index contributed by atoms with van der Waals surface area (Å²) in [6, 6.07) is 5.64. The van der Waals surface area contributed by atoms with E-state index < -0.39 is 0 Å². The third-order valence-corrected chi connectivity index (χ3v) is 2.77. The van der Waals surface area contributed by atoms with Crippen LogP contribution in [-0.2, 0) is 6.42 Å². The number of hydrogen-bond donors (Lipinski definition) is 1. The molecule has 0 aliphatic rings. The Morgan fingerprint density at radius 2 is 1.94 bits per heavy atom. The quantitative estimate of drug-likeness (QED) is 0.555. The van der Waals surface area contributed by atoms with Gasteiger partial charge in [-0.05, 0) is 55.9 Å². The van der Waals surface area contributed by atoms with E-state index in [0.29, 0.717) is 5.75 Å². The molecule has 0 fully saturated rings. The maximum atomic E-state index is 9.30. The summed E-state index contributed by atoms with van der Waals surface area (Å²) in [6.07, 6.45) is 10.4. The molecule has 1 rings (SSSR count). The Bertz CT molecular complexity index is 339. The fourth-order valence-corrected chi connectivity index (χ4v) is 1.77. The lowest BCUT2D eigenvalue weighted by Gasteiger charge is -2.04. The molecule has 0 bridgehead atoms. The number of hydrogen-bond acceptors (Lipinski definition) is 1. The molecule has 0 spiro atoms. The molecule has 0 heterocycles. The third-order valence-electron chi connectivity index (χ3n) is 2.77. The number of aromatic hydroxyl groups is 1. The van der Waals surface area contributed by atoms with Crippen LogP contribution in [0.3, 0.4) is 0 Å². The first-order chi connectivity index (χ1) is 7.74. The van der Waals surface area contributed by atoms with E-state index >= 15 is 0 Å². The first-order valence-electron chi connectivity index (χ1n) is 6.17. The van der Waals surface area contributed by atoms with Crippen molar-refractivity contribution in [3.8, 4) is 5.75 Å². The summed E-state index contributed by atoms with van der Waals surface area (Å²) < 4.78 is 0. The molecule has 1 N–H and O–H groups in total. The lowest BCUT2D eigenvalue weighted by Crippen LogP contribution is -1.88. The highest BCUT2D eigenvalue weighted by Crippen LogP contribution is 2.17. The fourth-order valence-electron chi connectivity index (χ4n) is 1.77. The van der Waals surface area contributed by atoms with Gasteiger partial charge in [-0.25, -0.2) is 0 Å². The lowest BCUT2D eigenvalue weighted by atomic mass is 10.0. The summed E-state index contributed by atoms with van der Waals surface area (Å²) in [5, 5.41) is 9.30. The molecule has 0 unspecified atom stereocenters. The van der Waals surface area contributed by atoms with E-state index in [0.717, 1.165) is 12.8 Å². The van der Waals surface area contributed by atoms with Crippen molar-refractivity contribution >= 4 is 0 Å². The van der Waals surface area contributed by atoms with Crippen molar-refractivity contribution in [1.82, 2.24) is 0 Å². The molecule has 88 valence electrons. The van der Waals surface area contributed by atoms with Gasteiger partial charge in [-0.15, -0.1) is 0 Å². The van der Waals surface area contributed by atoms with Crippen LogP contribution in [-0.4, -0.2) is 5.11 Å². The Hall–Kier alpha value is -1.24. The normalized spacial score (nSPS) is 11.1. The molecule has 0 radical (unpaired) electrons. The van der Waals surface area contributed by atoms with E-state index in [1.165, 1.54) is 30.4 Å². The summed E-state index contributed by atoms with van der Waals surface area (Å²) in [5.41, 5.74) is 2.54. The topological polar surface area (TPSA) is 20.2 Å². The number of rotatable bonds is 6. The van der Waals surface area contributed by atoms with Gasteiger partial charge in [-0.1, -0.05) is 31.6 Å². The molecule has 1 heteroatoms. The van der Waals surface area contributed by atoms with Crippen molar-refractivity contribution in [1.29, 1.82) is 0 Å². The summed E-state index contributed by atoms with van der Waals surface area (Å²) in [7, 11) is 0. The van der Waals surface area contributed by atoms with E-state index in [-0.39, 0.29) is 0 Å². The van der Waals surface area contributed by atoms with E-state index in [4.69, 9.17) is 0 Å². The van der Waals surface area contributed by atoms with Crippen LogP contribution in [0.2, 0.25) is 0 Å². The SMILES string of the molecule is CCCC=CCCCc1ccc(O)cc1C. The second-order valence-electron chi connectivity index (χ2n) is 4.26. The minimum Gasteiger partial charge on any atom is -0.508 e. The van der Waals surface area contributed by atoms with E-state index in [1.807, 2.05) is 12.1 Å². The zero-order valence-corrected chi connectivity index (χ0v) is 10.4. The lowest BCUT2D eigenvalue weighted by molar-refractivity contribution is 0.474. The van der Waals surface area contributed by atoms with E-state index in [1.54, 1.807) is 6.07 Å². The molecule has 0 aromatic heterocycles. The van der Waals surface area contributed by atoms with Crippen molar-refractivity contribution in [3.63, 3.8) is 0 Å². The zero-order chi connectivity index (χ0) is 11.8. The van der Waals surface area contributed by atoms with Gasteiger partial charge in [-0.3, -0.25) is 0 Å². The molecule has 0 atom stereocenters. The summed E-state index contributed by atoms with van der Waals surface area (Å²) in [6.45, 7) is 4.26. The Morgan fingerprint density at radius 1 is 1.19 bits per heavy atom. The molecule has 1 aromatic rings. The monoisotopic (exact) mass is 218 g/mol. The van der Waals surface area contributed by atoms with E-state index in [9.17, 15) is 5.11 Å². The van der Waals surface area contributed by atoms with Gasteiger partial charge >= 0.3 is 0 Å². The van der Waals surface area contributed by atoms with Gasteiger partial charge in [0.15, 0.2) is 0 Å². The molecular formula is C15H22O. The highest BCUT2D eigenvalue weighted by atomic mass is 16.3. The van der Waals surface area contributed by atoms with Crippen molar-refractivity contribution in [2.24, 2.45) is 0 Å². The smallest absolute Gasteiger partial charge is 0.115 e. The van der Waals surface area contributed by atoms with Gasteiger partial charge in [0.25, 0.3) is 0 Å². The minimum absolute atomic E-state index is 0.365. The van der Waals surface area contributed by atoms with Crippen molar-refractivity contribution in [2.75, 3.05) is 0 Å². The standard InChI is InChI=1S/C15H22O/c1-3-4-5-6-7-8-9-14-10-11-15(16)12-13(14)2/h5-6,10-12,16H,3-4,7-9H2,1-2H3. The molecule has 0 saturated carbocycles. The van der Waals surface area contributed by atoms with Crippen molar-refractivity contribution in [2.45, 2.75) is 46.0 Å². The Balaban J connectivity index is 2.32. The average molecular weight is 218 g/mol. The van der Waals surface area contributed by atoms with Gasteiger partial charge in [0.2, 0.25) is 0 Å². The minimum atomic E-state index is 0.365. The predicted octanol–water partition coefficient (Wildman–Crippen LogP) is 4.38. The number of unbranched alkanes of at least 4 members (excludes halogenated alkanes) is 2. The maximum Gasteiger partial charge on any atom is 0.115 e. The Kier molecular flexibility index (Phi) is 5.69. The highest BCUT2D eigenvalue weighted by Gasteiger charge is 1.98. The second kappa shape index (κ2) is 7.10. The van der Waals surface area contributed by atoms with Crippen LogP contribution >= 0.6 is 0 Å².